The van der Waals surface area contributed by atoms with Crippen LogP contribution in [0, 0.1) is 0 Å². The second kappa shape index (κ2) is 9.07. The quantitative estimate of drug-likeness (QED) is 0.664. The monoisotopic (exact) mass is 312 g/mol. The molecule has 0 unspecified atom stereocenters. The summed E-state index contributed by atoms with van der Waals surface area (Å²) in [6, 6.07) is -0.864. The smallest absolute Gasteiger partial charge is 0.338 e. The van der Waals surface area contributed by atoms with Gasteiger partial charge < -0.3 is 20.1 Å². The minimum Gasteiger partial charge on any atom is -0.463 e. The third-order valence-corrected chi connectivity index (χ3v) is 3.26. The summed E-state index contributed by atoms with van der Waals surface area (Å²) in [6.07, 6.45) is 2.50. The van der Waals surface area contributed by atoms with Crippen molar-refractivity contribution >= 4 is 18.0 Å². The van der Waals surface area contributed by atoms with Crippen molar-refractivity contribution < 1.29 is 23.9 Å². The molecule has 0 radical (unpaired) electrons. The lowest BCUT2D eigenvalue weighted by Crippen LogP contribution is -2.51. The van der Waals surface area contributed by atoms with Crippen molar-refractivity contribution in [2.24, 2.45) is 0 Å². The Kier molecular flexibility index (Phi) is 7.42. The number of rotatable bonds is 8. The van der Waals surface area contributed by atoms with Gasteiger partial charge in [-0.15, -0.1) is 0 Å². The Morgan fingerprint density at radius 3 is 2.50 bits per heavy atom. The van der Waals surface area contributed by atoms with Crippen LogP contribution in [-0.4, -0.2) is 37.2 Å². The average Bonchev–Trinajstić information content (AvgIpc) is 2.50. The predicted octanol–water partition coefficient (Wildman–Crippen LogP) is 1.63. The normalized spacial score (nSPS) is 17.6. The molecule has 0 saturated carbocycles. The lowest BCUT2D eigenvalue weighted by atomic mass is 10.0. The summed E-state index contributed by atoms with van der Waals surface area (Å²) in [5.74, 6) is -0.861. The van der Waals surface area contributed by atoms with Gasteiger partial charge in [0.15, 0.2) is 0 Å². The first kappa shape index (κ1) is 18.0. The summed E-state index contributed by atoms with van der Waals surface area (Å²) in [5, 5.41) is 5.19. The summed E-state index contributed by atoms with van der Waals surface area (Å²) >= 11 is 0. The maximum absolute atomic E-state index is 12.1. The van der Waals surface area contributed by atoms with Crippen LogP contribution in [0.4, 0.5) is 4.79 Å². The van der Waals surface area contributed by atoms with Crippen molar-refractivity contribution in [2.45, 2.75) is 52.5 Å². The lowest BCUT2D eigenvalue weighted by molar-refractivity contribution is -0.143. The maximum atomic E-state index is 12.1. The van der Waals surface area contributed by atoms with Crippen LogP contribution in [0.2, 0.25) is 0 Å². The van der Waals surface area contributed by atoms with E-state index in [1.165, 1.54) is 0 Å². The van der Waals surface area contributed by atoms with E-state index in [1.807, 2.05) is 13.8 Å². The molecule has 2 N–H and O–H groups in total. The van der Waals surface area contributed by atoms with Crippen LogP contribution in [0.5, 0.6) is 0 Å². The summed E-state index contributed by atoms with van der Waals surface area (Å²) in [6.45, 7) is 5.63. The number of hydrogen-bond donors (Lipinski definition) is 2. The molecule has 0 aromatic heterocycles. The fraction of sp³-hybridized carbons (Fsp3) is 0.667. The molecule has 1 atom stereocenters. The van der Waals surface area contributed by atoms with Gasteiger partial charge in [0.1, 0.15) is 6.61 Å². The molecule has 0 fully saturated rings. The van der Waals surface area contributed by atoms with Gasteiger partial charge in [0.05, 0.1) is 23.9 Å². The van der Waals surface area contributed by atoms with Crippen LogP contribution in [0.15, 0.2) is 11.3 Å². The Morgan fingerprint density at radius 2 is 1.91 bits per heavy atom. The third kappa shape index (κ3) is 5.05. The van der Waals surface area contributed by atoms with Gasteiger partial charge in [-0.2, -0.15) is 0 Å². The molecule has 0 saturated heterocycles. The van der Waals surface area contributed by atoms with Crippen LogP contribution in [-0.2, 0) is 19.1 Å². The van der Waals surface area contributed by atoms with Crippen LogP contribution < -0.4 is 10.6 Å². The number of carbonyl (C=O) groups excluding carboxylic acids is 3. The van der Waals surface area contributed by atoms with Gasteiger partial charge in [-0.1, -0.05) is 20.3 Å². The molecule has 0 aliphatic carbocycles. The first-order valence-electron chi connectivity index (χ1n) is 7.66. The topological polar surface area (TPSA) is 93.7 Å². The molecule has 0 bridgehead atoms. The van der Waals surface area contributed by atoms with Gasteiger partial charge in [-0.25, -0.2) is 9.59 Å². The van der Waals surface area contributed by atoms with Crippen LogP contribution >= 0.6 is 0 Å². The molecule has 7 nitrogen and oxygen atoms in total. The van der Waals surface area contributed by atoms with Gasteiger partial charge >= 0.3 is 18.0 Å². The van der Waals surface area contributed by atoms with Crippen molar-refractivity contribution in [3.05, 3.63) is 11.3 Å². The Balaban J connectivity index is 2.87. The molecule has 0 aromatic rings. The molecular weight excluding hydrogens is 288 g/mol. The number of carbonyl (C=O) groups is 3. The number of nitrogens with one attached hydrogen (secondary N) is 2. The van der Waals surface area contributed by atoms with E-state index in [-0.39, 0.29) is 19.2 Å². The minimum absolute atomic E-state index is 0.138. The number of esters is 2. The minimum atomic E-state index is -0.513. The van der Waals surface area contributed by atoms with E-state index in [9.17, 15) is 14.4 Å². The molecule has 0 spiro atoms. The standard InChI is InChI=1S/C15H24N2O5/c1-4-7-8-12(18)22-9-11-13(14(19)21-6-3)10(5-2)16-15(20)17-11/h10H,4-9H2,1-3H3,(H2,16,17,20)/t10-/m0/s1. The lowest BCUT2D eigenvalue weighted by Gasteiger charge is -2.28. The van der Waals surface area contributed by atoms with Gasteiger partial charge in [0, 0.05) is 6.42 Å². The van der Waals surface area contributed by atoms with E-state index in [2.05, 4.69) is 10.6 Å². The van der Waals surface area contributed by atoms with Gasteiger partial charge in [-0.05, 0) is 19.8 Å². The Hall–Kier alpha value is -2.05. The fourth-order valence-electron chi connectivity index (χ4n) is 2.12. The predicted molar refractivity (Wildman–Crippen MR) is 79.9 cm³/mol. The van der Waals surface area contributed by atoms with Crippen LogP contribution in [0.3, 0.4) is 0 Å². The molecule has 1 heterocycles. The molecular formula is C15H24N2O5. The highest BCUT2D eigenvalue weighted by Gasteiger charge is 2.31. The molecule has 1 aliphatic heterocycles. The number of hydrogen-bond acceptors (Lipinski definition) is 5. The van der Waals surface area contributed by atoms with Gasteiger partial charge in [0.2, 0.25) is 0 Å². The molecule has 7 heteroatoms. The van der Waals surface area contributed by atoms with Crippen molar-refractivity contribution in [1.29, 1.82) is 0 Å². The van der Waals surface area contributed by atoms with E-state index in [0.717, 1.165) is 12.8 Å². The Bertz CT molecular complexity index is 459. The number of unbranched alkanes of at least 4 members (excludes halogenated alkanes) is 1. The van der Waals surface area contributed by atoms with Crippen molar-refractivity contribution in [2.75, 3.05) is 13.2 Å². The highest BCUT2D eigenvalue weighted by atomic mass is 16.5. The zero-order valence-corrected chi connectivity index (χ0v) is 13.4. The van der Waals surface area contributed by atoms with Crippen molar-refractivity contribution in [1.82, 2.24) is 10.6 Å². The van der Waals surface area contributed by atoms with Crippen molar-refractivity contribution in [3.8, 4) is 0 Å². The van der Waals surface area contributed by atoms with E-state index < -0.39 is 18.0 Å². The van der Waals surface area contributed by atoms with E-state index >= 15 is 0 Å². The van der Waals surface area contributed by atoms with E-state index in [0.29, 0.717) is 24.1 Å². The summed E-state index contributed by atoms with van der Waals surface area (Å²) in [7, 11) is 0. The molecule has 1 aliphatic rings. The van der Waals surface area contributed by atoms with Gasteiger partial charge in [0.25, 0.3) is 0 Å². The summed E-state index contributed by atoms with van der Waals surface area (Å²) < 4.78 is 10.2. The molecule has 2 amide bonds. The molecule has 0 aromatic carbocycles. The third-order valence-electron chi connectivity index (χ3n) is 3.26. The zero-order chi connectivity index (χ0) is 16.5. The Morgan fingerprint density at radius 1 is 1.18 bits per heavy atom. The average molecular weight is 312 g/mol. The maximum Gasteiger partial charge on any atom is 0.338 e. The van der Waals surface area contributed by atoms with E-state index in [1.54, 1.807) is 6.92 Å². The molecule has 124 valence electrons. The zero-order valence-electron chi connectivity index (χ0n) is 13.4. The molecule has 22 heavy (non-hydrogen) atoms. The number of amides is 2. The van der Waals surface area contributed by atoms with Gasteiger partial charge in [-0.3, -0.25) is 4.79 Å². The van der Waals surface area contributed by atoms with Crippen LogP contribution in [0.1, 0.15) is 46.5 Å². The largest absolute Gasteiger partial charge is 0.463 e. The summed E-state index contributed by atoms with van der Waals surface area (Å²) in [5.41, 5.74) is 0.603. The highest BCUT2D eigenvalue weighted by Crippen LogP contribution is 2.17. The highest BCUT2D eigenvalue weighted by molar-refractivity contribution is 5.94. The van der Waals surface area contributed by atoms with Crippen LogP contribution in [0.25, 0.3) is 0 Å². The van der Waals surface area contributed by atoms with Crippen molar-refractivity contribution in [3.63, 3.8) is 0 Å². The summed E-state index contributed by atoms with van der Waals surface area (Å²) in [4.78, 5) is 35.3. The second-order valence-electron chi connectivity index (χ2n) is 4.94. The number of ether oxygens (including phenoxy) is 2. The second-order valence-corrected chi connectivity index (χ2v) is 4.94. The number of urea groups is 1. The SMILES string of the molecule is CCCCC(=O)OCC1=C(C(=O)OCC)[C@H](CC)NC(=O)N1. The van der Waals surface area contributed by atoms with E-state index in [4.69, 9.17) is 9.47 Å². The first-order chi connectivity index (χ1) is 10.5. The molecule has 1 rings (SSSR count). The first-order valence-corrected chi connectivity index (χ1v) is 7.66. The fourth-order valence-corrected chi connectivity index (χ4v) is 2.12. The Labute approximate surface area is 130 Å².